The van der Waals surface area contributed by atoms with Crippen molar-refractivity contribution in [3.05, 3.63) is 85.1 Å². The van der Waals surface area contributed by atoms with Gasteiger partial charge in [0.2, 0.25) is 0 Å². The normalized spacial score (nSPS) is 14.3. The lowest BCUT2D eigenvalue weighted by molar-refractivity contribution is -0.161. The molecule has 0 saturated carbocycles. The number of carbonyl (C=O) groups excluding carboxylic acids is 4. The number of phosphoric ester groups is 2. The van der Waals surface area contributed by atoms with Crippen LogP contribution in [-0.2, 0) is 65.4 Å². The van der Waals surface area contributed by atoms with Crippen molar-refractivity contribution in [2.75, 3.05) is 39.6 Å². The molecule has 0 radical (unpaired) electrons. The molecule has 104 heavy (non-hydrogen) atoms. The summed E-state index contributed by atoms with van der Waals surface area (Å²) in [6, 6.07) is 0. The number of ether oxygens (including phenoxy) is 4. The van der Waals surface area contributed by atoms with E-state index in [0.29, 0.717) is 25.7 Å². The van der Waals surface area contributed by atoms with Gasteiger partial charge in [-0.3, -0.25) is 37.3 Å². The molecule has 0 aliphatic rings. The lowest BCUT2D eigenvalue weighted by Crippen LogP contribution is -2.30. The van der Waals surface area contributed by atoms with E-state index in [1.54, 1.807) is 0 Å². The molecule has 5 atom stereocenters. The van der Waals surface area contributed by atoms with E-state index < -0.39 is 97.5 Å². The van der Waals surface area contributed by atoms with E-state index in [-0.39, 0.29) is 25.7 Å². The van der Waals surface area contributed by atoms with Crippen LogP contribution in [0, 0.1) is 0 Å². The van der Waals surface area contributed by atoms with E-state index in [1.807, 2.05) is 0 Å². The second kappa shape index (κ2) is 77.4. The highest BCUT2D eigenvalue weighted by molar-refractivity contribution is 7.47. The van der Waals surface area contributed by atoms with E-state index >= 15 is 0 Å². The molecule has 17 nitrogen and oxygen atoms in total. The van der Waals surface area contributed by atoms with Crippen LogP contribution in [-0.4, -0.2) is 96.7 Å². The van der Waals surface area contributed by atoms with Crippen LogP contribution in [0.15, 0.2) is 85.1 Å². The van der Waals surface area contributed by atoms with Crippen LogP contribution in [0.2, 0.25) is 0 Å². The van der Waals surface area contributed by atoms with Crippen LogP contribution >= 0.6 is 15.6 Å². The monoisotopic (exact) mass is 1510 g/mol. The topological polar surface area (TPSA) is 237 Å². The molecule has 0 rings (SSSR count). The minimum Gasteiger partial charge on any atom is -0.462 e. The average molecular weight is 1510 g/mol. The van der Waals surface area contributed by atoms with E-state index in [9.17, 15) is 43.2 Å². The highest BCUT2D eigenvalue weighted by atomic mass is 31.2. The van der Waals surface area contributed by atoms with Gasteiger partial charge in [0.15, 0.2) is 12.2 Å². The lowest BCUT2D eigenvalue weighted by atomic mass is 10.0. The first-order valence-corrected chi connectivity index (χ1v) is 44.8. The Hall–Kier alpha value is -3.76. The smallest absolute Gasteiger partial charge is 0.462 e. The zero-order valence-corrected chi connectivity index (χ0v) is 68.0. The fourth-order valence-corrected chi connectivity index (χ4v) is 13.1. The molecule has 0 spiro atoms. The number of aliphatic hydroxyl groups excluding tert-OH is 1. The number of unbranched alkanes of at least 4 members (excludes halogenated alkanes) is 39. The number of phosphoric acid groups is 2. The molecule has 0 heterocycles. The molecule has 0 saturated heterocycles. The van der Waals surface area contributed by atoms with Crippen molar-refractivity contribution in [1.29, 1.82) is 0 Å². The van der Waals surface area contributed by atoms with Crippen LogP contribution in [0.3, 0.4) is 0 Å². The molecule has 0 aliphatic carbocycles. The molecular weight excluding hydrogens is 1350 g/mol. The van der Waals surface area contributed by atoms with E-state index in [1.165, 1.54) is 122 Å². The Morgan fingerprint density at radius 3 is 0.798 bits per heavy atom. The first kappa shape index (κ1) is 100. The van der Waals surface area contributed by atoms with Crippen LogP contribution < -0.4 is 0 Å². The molecule has 0 aromatic carbocycles. The number of carbonyl (C=O) groups is 4. The van der Waals surface area contributed by atoms with Crippen molar-refractivity contribution in [3.63, 3.8) is 0 Å². The minimum atomic E-state index is -4.98. The Bertz CT molecular complexity index is 2300. The van der Waals surface area contributed by atoms with Crippen LogP contribution in [0.1, 0.15) is 374 Å². The van der Waals surface area contributed by atoms with Gasteiger partial charge in [0.05, 0.1) is 26.4 Å². The summed E-state index contributed by atoms with van der Waals surface area (Å²) in [5.41, 5.74) is 0. The second-order valence-corrected chi connectivity index (χ2v) is 30.9. The summed E-state index contributed by atoms with van der Waals surface area (Å²) in [7, 11) is -9.96. The van der Waals surface area contributed by atoms with Gasteiger partial charge in [-0.2, -0.15) is 0 Å². The Morgan fingerprint density at radius 2 is 0.500 bits per heavy atom. The number of allylic oxidation sites excluding steroid dienone is 14. The predicted molar refractivity (Wildman–Crippen MR) is 427 cm³/mol. The summed E-state index contributed by atoms with van der Waals surface area (Å²) in [5.74, 6) is -2.18. The third kappa shape index (κ3) is 76.4. The largest absolute Gasteiger partial charge is 0.472 e. The van der Waals surface area contributed by atoms with Gasteiger partial charge in [-0.05, 0) is 122 Å². The number of aliphatic hydroxyl groups is 1. The minimum absolute atomic E-state index is 0.0833. The van der Waals surface area contributed by atoms with Gasteiger partial charge in [0.25, 0.3) is 0 Å². The van der Waals surface area contributed by atoms with E-state index in [2.05, 4.69) is 113 Å². The molecule has 0 aliphatic heterocycles. The molecule has 0 fully saturated rings. The van der Waals surface area contributed by atoms with Crippen LogP contribution in [0.4, 0.5) is 0 Å². The average Bonchev–Trinajstić information content (AvgIpc) is 0.918. The summed E-state index contributed by atoms with van der Waals surface area (Å²) < 4.78 is 68.7. The van der Waals surface area contributed by atoms with Crippen molar-refractivity contribution < 1.29 is 80.2 Å². The summed E-state index contributed by atoms with van der Waals surface area (Å²) >= 11 is 0. The summed E-state index contributed by atoms with van der Waals surface area (Å²) in [5, 5.41) is 10.7. The highest BCUT2D eigenvalue weighted by Gasteiger charge is 2.30. The molecule has 19 heteroatoms. The number of esters is 4. The zero-order valence-electron chi connectivity index (χ0n) is 66.2. The first-order valence-electron chi connectivity index (χ1n) is 41.8. The quantitative estimate of drug-likeness (QED) is 0.0169. The van der Waals surface area contributed by atoms with Crippen LogP contribution in [0.5, 0.6) is 0 Å². The molecule has 5 unspecified atom stereocenters. The first-order chi connectivity index (χ1) is 50.7. The molecule has 604 valence electrons. The third-order valence-electron chi connectivity index (χ3n) is 17.8. The predicted octanol–water partition coefficient (Wildman–Crippen LogP) is 24.6. The molecule has 0 amide bonds. The fraction of sp³-hybridized carbons (Fsp3) is 0.788. The van der Waals surface area contributed by atoms with Crippen molar-refractivity contribution >= 4 is 39.5 Å². The van der Waals surface area contributed by atoms with Gasteiger partial charge in [0.1, 0.15) is 19.3 Å². The zero-order chi connectivity index (χ0) is 76.0. The summed E-state index contributed by atoms with van der Waals surface area (Å²) in [4.78, 5) is 73.1. The van der Waals surface area contributed by atoms with Crippen molar-refractivity contribution in [2.45, 2.75) is 393 Å². The summed E-state index contributed by atoms with van der Waals surface area (Å²) in [6.07, 6.45) is 81.1. The van der Waals surface area contributed by atoms with Gasteiger partial charge >= 0.3 is 39.5 Å². The lowest BCUT2D eigenvalue weighted by Gasteiger charge is -2.21. The van der Waals surface area contributed by atoms with Crippen molar-refractivity contribution in [3.8, 4) is 0 Å². The van der Waals surface area contributed by atoms with Gasteiger partial charge in [-0.15, -0.1) is 0 Å². The third-order valence-corrected chi connectivity index (χ3v) is 19.7. The second-order valence-electron chi connectivity index (χ2n) is 28.0. The number of rotatable bonds is 79. The standard InChI is InChI=1S/C85H152O17P2/c1-5-9-13-17-21-25-29-33-37-38-39-40-44-46-50-54-58-62-66-70-83(88)96-76-81(102-85(90)72-68-64-60-56-52-48-43-36-32-28-24-20-16-12-8-4)78-100-104(93,94)98-74-79(86)73-97-103(91,92)99-77-80(101-84(89)71-67-63-59-55-51-47-42-35-31-27-23-19-15-11-7-3)75-95-82(87)69-65-61-57-53-49-45-41-34-30-26-22-18-14-10-6-2/h9,13,21-22,25-26,33-34,36-37,39-41,43,79-81,86H,5-8,10-12,14-20,23-24,27-32,35,38,42,44-78H2,1-4H3,(H,91,92)(H,93,94)/b13-9-,25-21-,26-22-,37-33-,40-39-,41-34-,43-36-. The van der Waals surface area contributed by atoms with Gasteiger partial charge in [0, 0.05) is 25.7 Å². The molecule has 0 bridgehead atoms. The SMILES string of the molecule is CC/C=C\C/C=C\C/C=C\C/C=C\CCCCCCCCC(=O)OCC(COP(=O)(O)OCC(O)COP(=O)(O)OCC(COC(=O)CCCCCCC/C=C\C/C=C\CCCCC)OC(=O)CCCCCCCCCCCCCCCCC)OC(=O)CCCCCCC/C=C\CCCCCCCC. The number of hydrogen-bond acceptors (Lipinski definition) is 15. The molecule has 0 aromatic heterocycles. The number of hydrogen-bond donors (Lipinski definition) is 3. The maximum atomic E-state index is 13.1. The molecule has 0 aromatic rings. The van der Waals surface area contributed by atoms with Gasteiger partial charge in [-0.1, -0.05) is 312 Å². The van der Waals surface area contributed by atoms with Crippen molar-refractivity contribution in [2.24, 2.45) is 0 Å². The van der Waals surface area contributed by atoms with Crippen molar-refractivity contribution in [1.82, 2.24) is 0 Å². The molecular formula is C85H152O17P2. The Kier molecular flexibility index (Phi) is 74.6. The van der Waals surface area contributed by atoms with Gasteiger partial charge in [-0.25, -0.2) is 9.13 Å². The van der Waals surface area contributed by atoms with E-state index in [4.69, 9.17) is 37.0 Å². The summed E-state index contributed by atoms with van der Waals surface area (Å²) in [6.45, 7) is 4.77. The Labute approximate surface area is 634 Å². The van der Waals surface area contributed by atoms with E-state index in [0.717, 1.165) is 173 Å². The maximum Gasteiger partial charge on any atom is 0.472 e. The fourth-order valence-electron chi connectivity index (χ4n) is 11.5. The Morgan fingerprint density at radius 1 is 0.279 bits per heavy atom. The van der Waals surface area contributed by atoms with Gasteiger partial charge < -0.3 is 33.8 Å². The maximum absolute atomic E-state index is 13.1. The highest BCUT2D eigenvalue weighted by Crippen LogP contribution is 2.45. The molecule has 3 N–H and O–H groups in total. The Balaban J connectivity index is 5.36. The van der Waals surface area contributed by atoms with Crippen LogP contribution in [0.25, 0.3) is 0 Å².